The molecule has 0 aliphatic rings. The largest absolute Gasteiger partial charge is 0.370 e. The van der Waals surface area contributed by atoms with Crippen molar-refractivity contribution in [2.75, 3.05) is 0 Å². The van der Waals surface area contributed by atoms with Crippen LogP contribution in [0.15, 0.2) is 0 Å². The Kier molecular flexibility index (Phi) is 3.16. The molecule has 0 rings (SSSR count). The highest BCUT2D eigenvalue weighted by Crippen LogP contribution is 1.77. The van der Waals surface area contributed by atoms with Crippen molar-refractivity contribution in [2.45, 2.75) is 19.9 Å². The lowest BCUT2D eigenvalue weighted by Crippen LogP contribution is -2.38. The third-order valence-corrected chi connectivity index (χ3v) is 0.963. The van der Waals surface area contributed by atoms with E-state index in [2.05, 4.69) is 17.5 Å². The average molecular weight is 146 g/mol. The first-order chi connectivity index (χ1) is 4.04. The molecule has 0 spiro atoms. The van der Waals surface area contributed by atoms with Crippen LogP contribution in [0.2, 0.25) is 0 Å². The number of nitrogens with one attached hydrogen (secondary N) is 1. The van der Waals surface area contributed by atoms with Crippen LogP contribution in [0.5, 0.6) is 0 Å². The van der Waals surface area contributed by atoms with Crippen molar-refractivity contribution >= 4 is 23.1 Å². The zero-order chi connectivity index (χ0) is 7.44. The zero-order valence-corrected chi connectivity index (χ0v) is 6.29. The van der Waals surface area contributed by atoms with Gasteiger partial charge in [-0.15, -0.1) is 0 Å². The van der Waals surface area contributed by atoms with Gasteiger partial charge in [-0.1, -0.05) is 12.2 Å². The van der Waals surface area contributed by atoms with Crippen LogP contribution in [-0.2, 0) is 4.79 Å². The van der Waals surface area contributed by atoms with E-state index < -0.39 is 5.91 Å². The number of hydrogen-bond donors (Lipinski definition) is 2. The third kappa shape index (κ3) is 3.90. The first-order valence-corrected chi connectivity index (χ1v) is 3.05. The predicted octanol–water partition coefficient (Wildman–Crippen LogP) is -0.203. The minimum atomic E-state index is -0.571. The van der Waals surface area contributed by atoms with Crippen LogP contribution >= 0.6 is 12.2 Å². The van der Waals surface area contributed by atoms with Gasteiger partial charge in [-0.05, 0) is 13.8 Å². The molecule has 0 saturated heterocycles. The highest BCUT2D eigenvalue weighted by molar-refractivity contribution is 7.82. The molecule has 52 valence electrons. The standard InChI is InChI=1S/C5H10N2OS/c1-3(2)7-5(9)4(6)8/h3H,1-2H3,(H2,6,8)(H,7,9). The number of nitrogens with two attached hydrogens (primary N) is 1. The summed E-state index contributed by atoms with van der Waals surface area (Å²) in [6.45, 7) is 3.77. The zero-order valence-electron chi connectivity index (χ0n) is 5.47. The monoisotopic (exact) mass is 146 g/mol. The molecule has 0 aromatic rings. The lowest BCUT2D eigenvalue weighted by atomic mass is 10.4. The molecule has 0 fully saturated rings. The van der Waals surface area contributed by atoms with E-state index in [4.69, 9.17) is 5.73 Å². The Morgan fingerprint density at radius 3 is 2.22 bits per heavy atom. The van der Waals surface area contributed by atoms with Crippen LogP contribution in [0.4, 0.5) is 0 Å². The summed E-state index contributed by atoms with van der Waals surface area (Å²) >= 11 is 4.57. The number of carbonyl (C=O) groups is 1. The summed E-state index contributed by atoms with van der Waals surface area (Å²) in [5, 5.41) is 2.70. The smallest absolute Gasteiger partial charge is 0.276 e. The maximum absolute atomic E-state index is 10.3. The van der Waals surface area contributed by atoms with Crippen molar-refractivity contribution in [3.63, 3.8) is 0 Å². The maximum atomic E-state index is 10.3. The lowest BCUT2D eigenvalue weighted by molar-refractivity contribution is -0.112. The SMILES string of the molecule is CC(C)NC(=S)C(N)=O. The van der Waals surface area contributed by atoms with Gasteiger partial charge in [-0.25, -0.2) is 0 Å². The Bertz CT molecular complexity index is 133. The van der Waals surface area contributed by atoms with Crippen molar-refractivity contribution in [3.8, 4) is 0 Å². The molecule has 3 nitrogen and oxygen atoms in total. The van der Waals surface area contributed by atoms with E-state index in [0.717, 1.165) is 0 Å². The summed E-state index contributed by atoms with van der Waals surface area (Å²) in [6.07, 6.45) is 0. The molecule has 0 aliphatic carbocycles. The summed E-state index contributed by atoms with van der Waals surface area (Å²) in [4.78, 5) is 10.4. The third-order valence-electron chi connectivity index (χ3n) is 0.644. The summed E-state index contributed by atoms with van der Waals surface area (Å²) in [6, 6.07) is 0.171. The molecule has 0 saturated carbocycles. The number of carbonyl (C=O) groups excluding carboxylic acids is 1. The molecule has 9 heavy (non-hydrogen) atoms. The first-order valence-electron chi connectivity index (χ1n) is 2.64. The van der Waals surface area contributed by atoms with Gasteiger partial charge in [0.25, 0.3) is 5.91 Å². The highest BCUT2D eigenvalue weighted by Gasteiger charge is 2.02. The van der Waals surface area contributed by atoms with Gasteiger partial charge in [0.15, 0.2) is 4.99 Å². The fraction of sp³-hybridized carbons (Fsp3) is 0.600. The number of amides is 1. The second-order valence-electron chi connectivity index (χ2n) is 1.99. The van der Waals surface area contributed by atoms with E-state index >= 15 is 0 Å². The average Bonchev–Trinajstić information content (AvgIpc) is 1.63. The topological polar surface area (TPSA) is 55.1 Å². The second kappa shape index (κ2) is 3.40. The molecule has 3 N–H and O–H groups in total. The second-order valence-corrected chi connectivity index (χ2v) is 2.40. The van der Waals surface area contributed by atoms with E-state index in [1.807, 2.05) is 13.8 Å². The van der Waals surface area contributed by atoms with Gasteiger partial charge in [0.1, 0.15) is 0 Å². The van der Waals surface area contributed by atoms with E-state index in [1.165, 1.54) is 0 Å². The summed E-state index contributed by atoms with van der Waals surface area (Å²) in [5.41, 5.74) is 4.84. The van der Waals surface area contributed by atoms with Crippen molar-refractivity contribution in [1.29, 1.82) is 0 Å². The molecular formula is C5H10N2OS. The van der Waals surface area contributed by atoms with Gasteiger partial charge in [0.05, 0.1) is 0 Å². The van der Waals surface area contributed by atoms with E-state index in [0.29, 0.717) is 0 Å². The number of rotatable bonds is 1. The Labute approximate surface area is 59.6 Å². The van der Waals surface area contributed by atoms with Gasteiger partial charge in [-0.3, -0.25) is 4.79 Å². The molecule has 0 atom stereocenters. The van der Waals surface area contributed by atoms with Crippen LogP contribution in [0.25, 0.3) is 0 Å². The van der Waals surface area contributed by atoms with Crippen molar-refractivity contribution in [2.24, 2.45) is 5.73 Å². The fourth-order valence-electron chi connectivity index (χ4n) is 0.333. The fourth-order valence-corrected chi connectivity index (χ4v) is 0.569. The molecule has 0 bridgehead atoms. The van der Waals surface area contributed by atoms with E-state index in [1.54, 1.807) is 0 Å². The van der Waals surface area contributed by atoms with Gasteiger partial charge in [-0.2, -0.15) is 0 Å². The molecule has 0 aromatic heterocycles. The van der Waals surface area contributed by atoms with Crippen LogP contribution in [-0.4, -0.2) is 16.9 Å². The lowest BCUT2D eigenvalue weighted by Gasteiger charge is -2.06. The molecule has 0 aromatic carbocycles. The molecule has 0 heterocycles. The minimum absolute atomic E-state index is 0.102. The van der Waals surface area contributed by atoms with Crippen LogP contribution in [0.3, 0.4) is 0 Å². The van der Waals surface area contributed by atoms with Crippen molar-refractivity contribution in [1.82, 2.24) is 5.32 Å². The Balaban J connectivity index is 3.65. The van der Waals surface area contributed by atoms with Crippen LogP contribution in [0, 0.1) is 0 Å². The highest BCUT2D eigenvalue weighted by atomic mass is 32.1. The van der Waals surface area contributed by atoms with E-state index in [-0.39, 0.29) is 11.0 Å². The maximum Gasteiger partial charge on any atom is 0.276 e. The van der Waals surface area contributed by atoms with E-state index in [9.17, 15) is 4.79 Å². The normalized spacial score (nSPS) is 9.22. The Hall–Kier alpha value is -0.640. The molecule has 0 aliphatic heterocycles. The van der Waals surface area contributed by atoms with Gasteiger partial charge in [0, 0.05) is 6.04 Å². The van der Waals surface area contributed by atoms with Gasteiger partial charge < -0.3 is 11.1 Å². The summed E-state index contributed by atoms with van der Waals surface area (Å²) in [5.74, 6) is -0.571. The van der Waals surface area contributed by atoms with Gasteiger partial charge in [0.2, 0.25) is 0 Å². The summed E-state index contributed by atoms with van der Waals surface area (Å²) in [7, 11) is 0. The van der Waals surface area contributed by atoms with Gasteiger partial charge >= 0.3 is 0 Å². The molecular weight excluding hydrogens is 136 g/mol. The summed E-state index contributed by atoms with van der Waals surface area (Å²) < 4.78 is 0. The quantitative estimate of drug-likeness (QED) is 0.504. The van der Waals surface area contributed by atoms with Crippen LogP contribution in [0.1, 0.15) is 13.8 Å². The minimum Gasteiger partial charge on any atom is -0.370 e. The number of primary amides is 1. The van der Waals surface area contributed by atoms with Crippen molar-refractivity contribution in [3.05, 3.63) is 0 Å². The molecule has 1 amide bonds. The van der Waals surface area contributed by atoms with Crippen LogP contribution < -0.4 is 11.1 Å². The molecule has 4 heteroatoms. The predicted molar refractivity (Wildman–Crippen MR) is 40.1 cm³/mol. The Morgan fingerprint density at radius 2 is 2.11 bits per heavy atom. The number of thiocarbonyl (C=S) groups is 1. The Morgan fingerprint density at radius 1 is 1.67 bits per heavy atom. The molecule has 0 radical (unpaired) electrons. The number of hydrogen-bond acceptors (Lipinski definition) is 2. The van der Waals surface area contributed by atoms with Crippen molar-refractivity contribution < 1.29 is 4.79 Å². The first kappa shape index (κ1) is 8.36. The molecule has 0 unspecified atom stereocenters.